The van der Waals surface area contributed by atoms with Crippen LogP contribution < -0.4 is 10.6 Å². The lowest BCUT2D eigenvalue weighted by molar-refractivity contribution is 0.578. The van der Waals surface area contributed by atoms with Crippen molar-refractivity contribution in [2.24, 2.45) is 5.73 Å². The molecule has 0 bridgehead atoms. The van der Waals surface area contributed by atoms with Gasteiger partial charge in [0.2, 0.25) is 0 Å². The van der Waals surface area contributed by atoms with E-state index in [-0.39, 0.29) is 5.75 Å². The highest BCUT2D eigenvalue weighted by molar-refractivity contribution is 8.01. The average Bonchev–Trinajstić information content (AvgIpc) is 3.07. The zero-order valence-electron chi connectivity index (χ0n) is 11.7. The summed E-state index contributed by atoms with van der Waals surface area (Å²) in [5.74, 6) is 2.37. The van der Waals surface area contributed by atoms with Gasteiger partial charge in [0.25, 0.3) is 0 Å². The van der Waals surface area contributed by atoms with E-state index in [1.807, 2.05) is 20.9 Å². The van der Waals surface area contributed by atoms with Crippen molar-refractivity contribution in [3.8, 4) is 0 Å². The molecule has 2 N–H and O–H groups in total. The fourth-order valence-electron chi connectivity index (χ4n) is 2.55. The summed E-state index contributed by atoms with van der Waals surface area (Å²) >= 11 is 3.21. The molecule has 1 saturated heterocycles. The van der Waals surface area contributed by atoms with Gasteiger partial charge in [-0.25, -0.2) is 13.4 Å². The van der Waals surface area contributed by atoms with Crippen molar-refractivity contribution in [3.05, 3.63) is 17.3 Å². The Hall–Kier alpha value is -0.770. The Morgan fingerprint density at radius 2 is 2.33 bits per heavy atom. The Kier molecular flexibility index (Phi) is 4.17. The van der Waals surface area contributed by atoms with E-state index in [9.17, 15) is 8.42 Å². The maximum Gasteiger partial charge on any atom is 0.195 e. The van der Waals surface area contributed by atoms with Crippen molar-refractivity contribution in [1.29, 1.82) is 0 Å². The lowest BCUT2D eigenvalue weighted by Gasteiger charge is -2.35. The first-order valence-corrected chi connectivity index (χ1v) is 10.5. The van der Waals surface area contributed by atoms with Gasteiger partial charge in [0.15, 0.2) is 20.6 Å². The van der Waals surface area contributed by atoms with Crippen molar-refractivity contribution in [2.45, 2.75) is 18.8 Å². The second-order valence-corrected chi connectivity index (χ2v) is 9.29. The smallest absolute Gasteiger partial charge is 0.195 e. The Labute approximate surface area is 132 Å². The number of nitrogens with two attached hydrogens (primary N) is 1. The topological polar surface area (TPSA) is 80.7 Å². The molecule has 3 rings (SSSR count). The van der Waals surface area contributed by atoms with Gasteiger partial charge in [-0.1, -0.05) is 6.92 Å². The summed E-state index contributed by atoms with van der Waals surface area (Å²) < 4.78 is 26.7. The highest BCUT2D eigenvalue weighted by atomic mass is 32.2. The van der Waals surface area contributed by atoms with Crippen LogP contribution in [-0.4, -0.2) is 47.0 Å². The Bertz CT molecular complexity index is 737. The van der Waals surface area contributed by atoms with E-state index in [4.69, 9.17) is 5.73 Å². The van der Waals surface area contributed by atoms with E-state index in [0.717, 1.165) is 22.2 Å². The average molecular weight is 347 g/mol. The van der Waals surface area contributed by atoms with Crippen molar-refractivity contribution in [1.82, 2.24) is 9.38 Å². The molecule has 0 aromatic carbocycles. The first-order valence-electron chi connectivity index (χ1n) is 6.79. The third-order valence-corrected chi connectivity index (χ3v) is 7.75. The number of thiazole rings is 1. The van der Waals surface area contributed by atoms with Crippen LogP contribution in [0.4, 0.5) is 5.82 Å². The normalized spacial score (nSPS) is 20.3. The van der Waals surface area contributed by atoms with Crippen LogP contribution in [0.1, 0.15) is 12.6 Å². The summed E-state index contributed by atoms with van der Waals surface area (Å²) in [6, 6.07) is 0. The van der Waals surface area contributed by atoms with Gasteiger partial charge in [0.05, 0.1) is 5.69 Å². The van der Waals surface area contributed by atoms with Gasteiger partial charge in [-0.3, -0.25) is 4.40 Å². The number of aromatic nitrogens is 2. The molecule has 9 heteroatoms. The molecular formula is C12H18N4O2S3. The molecule has 0 spiro atoms. The van der Waals surface area contributed by atoms with E-state index < -0.39 is 15.2 Å². The minimum Gasteiger partial charge on any atom is -0.337 e. The third kappa shape index (κ3) is 2.56. The van der Waals surface area contributed by atoms with Gasteiger partial charge in [0.1, 0.15) is 5.37 Å². The van der Waals surface area contributed by atoms with Gasteiger partial charge in [0, 0.05) is 41.9 Å². The van der Waals surface area contributed by atoms with Crippen LogP contribution in [0.15, 0.2) is 11.6 Å². The van der Waals surface area contributed by atoms with Crippen LogP contribution in [0.25, 0.3) is 4.96 Å². The van der Waals surface area contributed by atoms with Crippen LogP contribution in [0.5, 0.6) is 0 Å². The van der Waals surface area contributed by atoms with Crippen molar-refractivity contribution < 1.29 is 8.42 Å². The van der Waals surface area contributed by atoms with E-state index >= 15 is 0 Å². The monoisotopic (exact) mass is 346 g/mol. The molecule has 1 fully saturated rings. The Morgan fingerprint density at radius 1 is 1.52 bits per heavy atom. The molecule has 0 amide bonds. The molecule has 1 atom stereocenters. The highest BCUT2D eigenvalue weighted by Crippen LogP contribution is 2.31. The number of nitrogens with zero attached hydrogens (tertiary/aromatic N) is 3. The summed E-state index contributed by atoms with van der Waals surface area (Å²) in [5, 5.41) is 1.45. The molecular weight excluding hydrogens is 328 g/mol. The molecule has 0 aliphatic carbocycles. The summed E-state index contributed by atoms with van der Waals surface area (Å²) in [6.07, 6.45) is 1.93. The lowest BCUT2D eigenvalue weighted by atomic mass is 10.3. The Morgan fingerprint density at radius 3 is 3.05 bits per heavy atom. The maximum absolute atomic E-state index is 12.4. The molecule has 1 aliphatic heterocycles. The number of fused-ring (bicyclic) bond motifs is 1. The lowest BCUT2D eigenvalue weighted by Crippen LogP contribution is -2.48. The molecule has 21 heavy (non-hydrogen) atoms. The molecule has 0 saturated carbocycles. The standard InChI is InChI=1S/C12H18N4O2S3/c1-2-21(17,18)10-8-19-5-3-16(10)11-9(7-13)15-4-6-20-12(15)14-11/h4,6,10H,2-3,5,7-8,13H2,1H3. The van der Waals surface area contributed by atoms with Gasteiger partial charge in [-0.2, -0.15) is 11.8 Å². The van der Waals surface area contributed by atoms with Crippen molar-refractivity contribution in [2.75, 3.05) is 28.7 Å². The molecule has 3 heterocycles. The number of sulfone groups is 1. The summed E-state index contributed by atoms with van der Waals surface area (Å²) in [4.78, 5) is 7.40. The second kappa shape index (κ2) is 5.79. The van der Waals surface area contributed by atoms with Crippen molar-refractivity contribution >= 4 is 43.7 Å². The van der Waals surface area contributed by atoms with E-state index in [1.165, 1.54) is 11.3 Å². The van der Waals surface area contributed by atoms with Gasteiger partial charge < -0.3 is 10.6 Å². The van der Waals surface area contributed by atoms with Crippen LogP contribution in [0, 0.1) is 0 Å². The second-order valence-electron chi connectivity index (χ2n) is 4.82. The minimum absolute atomic E-state index is 0.148. The summed E-state index contributed by atoms with van der Waals surface area (Å²) in [5.41, 5.74) is 6.76. The minimum atomic E-state index is -3.15. The largest absolute Gasteiger partial charge is 0.337 e. The molecule has 1 aliphatic rings. The zero-order chi connectivity index (χ0) is 15.0. The molecule has 2 aromatic rings. The maximum atomic E-state index is 12.4. The van der Waals surface area contributed by atoms with Crippen LogP contribution in [-0.2, 0) is 16.4 Å². The molecule has 6 nitrogen and oxygen atoms in total. The molecule has 0 radical (unpaired) electrons. The first-order chi connectivity index (χ1) is 10.1. The van der Waals surface area contributed by atoms with Gasteiger partial charge >= 0.3 is 0 Å². The SMILES string of the molecule is CCS(=O)(=O)C1CSCCN1c1nc2sccn2c1CN. The molecule has 2 aromatic heterocycles. The fraction of sp³-hybridized carbons (Fsp3) is 0.583. The number of anilines is 1. The summed E-state index contributed by atoms with van der Waals surface area (Å²) in [7, 11) is -3.15. The van der Waals surface area contributed by atoms with Gasteiger partial charge in [-0.15, -0.1) is 11.3 Å². The van der Waals surface area contributed by atoms with E-state index in [0.29, 0.717) is 18.8 Å². The van der Waals surface area contributed by atoms with Crippen molar-refractivity contribution in [3.63, 3.8) is 0 Å². The third-order valence-electron chi connectivity index (χ3n) is 3.71. The number of hydrogen-bond acceptors (Lipinski definition) is 7. The first kappa shape index (κ1) is 15.1. The summed E-state index contributed by atoms with van der Waals surface area (Å²) in [6.45, 7) is 2.73. The van der Waals surface area contributed by atoms with E-state index in [2.05, 4.69) is 4.98 Å². The Balaban J connectivity index is 2.08. The van der Waals surface area contributed by atoms with Crippen LogP contribution in [0.2, 0.25) is 0 Å². The molecule has 1 unspecified atom stereocenters. The van der Waals surface area contributed by atoms with Crippen LogP contribution in [0.3, 0.4) is 0 Å². The number of imidazole rings is 1. The number of hydrogen-bond donors (Lipinski definition) is 1. The molecule has 116 valence electrons. The quantitative estimate of drug-likeness (QED) is 0.895. The highest BCUT2D eigenvalue weighted by Gasteiger charge is 2.35. The zero-order valence-corrected chi connectivity index (χ0v) is 14.2. The predicted octanol–water partition coefficient (Wildman–Crippen LogP) is 1.17. The number of thioether (sulfide) groups is 1. The number of rotatable bonds is 4. The van der Waals surface area contributed by atoms with Gasteiger partial charge in [-0.05, 0) is 0 Å². The van der Waals surface area contributed by atoms with Crippen LogP contribution >= 0.6 is 23.1 Å². The fourth-order valence-corrected chi connectivity index (χ4v) is 6.25. The predicted molar refractivity (Wildman–Crippen MR) is 88.9 cm³/mol. The van der Waals surface area contributed by atoms with E-state index in [1.54, 1.807) is 18.7 Å².